The SMILES string of the molecule is CCc1cccc(CC)c1N(CCNC(=O)c1ccc(F)c(F)c1F)C(C)=O. The molecule has 4 nitrogen and oxygen atoms in total. The maximum Gasteiger partial charge on any atom is 0.254 e. The molecule has 1 N–H and O–H groups in total. The Labute approximate surface area is 162 Å². The lowest BCUT2D eigenvalue weighted by Gasteiger charge is -2.26. The summed E-state index contributed by atoms with van der Waals surface area (Å²) in [5, 5.41) is 2.45. The Balaban J connectivity index is 2.17. The van der Waals surface area contributed by atoms with Gasteiger partial charge in [-0.15, -0.1) is 0 Å². The highest BCUT2D eigenvalue weighted by Crippen LogP contribution is 2.27. The summed E-state index contributed by atoms with van der Waals surface area (Å²) >= 11 is 0. The van der Waals surface area contributed by atoms with E-state index in [9.17, 15) is 22.8 Å². The number of rotatable bonds is 7. The fourth-order valence-electron chi connectivity index (χ4n) is 3.07. The number of hydrogen-bond donors (Lipinski definition) is 1. The molecule has 2 aromatic carbocycles. The first-order valence-electron chi connectivity index (χ1n) is 9.12. The molecule has 28 heavy (non-hydrogen) atoms. The molecule has 2 aromatic rings. The molecule has 0 heterocycles. The topological polar surface area (TPSA) is 49.4 Å². The maximum atomic E-state index is 13.7. The van der Waals surface area contributed by atoms with Crippen LogP contribution in [0.5, 0.6) is 0 Å². The third-order valence-electron chi connectivity index (χ3n) is 4.52. The first-order chi connectivity index (χ1) is 13.3. The van der Waals surface area contributed by atoms with Gasteiger partial charge in [0.1, 0.15) is 0 Å². The second-order valence-corrected chi connectivity index (χ2v) is 6.28. The minimum absolute atomic E-state index is 0.0258. The summed E-state index contributed by atoms with van der Waals surface area (Å²) in [6, 6.07) is 7.40. The van der Waals surface area contributed by atoms with Gasteiger partial charge in [0.25, 0.3) is 5.91 Å². The molecule has 150 valence electrons. The molecule has 0 atom stereocenters. The van der Waals surface area contributed by atoms with Crippen molar-refractivity contribution >= 4 is 17.5 Å². The normalized spacial score (nSPS) is 10.6. The standard InChI is InChI=1S/C21H23F3N2O2/c1-4-14-7-6-8-15(5-2)20(14)26(13(3)27)12-11-25-21(28)16-9-10-17(22)19(24)18(16)23/h6-10H,4-5,11-12H2,1-3H3,(H,25,28). The van der Waals surface area contributed by atoms with Crippen LogP contribution in [0.2, 0.25) is 0 Å². The molecule has 0 saturated heterocycles. The number of halogens is 3. The molecule has 2 amide bonds. The first kappa shape index (κ1) is 21.5. The molecule has 7 heteroatoms. The van der Waals surface area contributed by atoms with Crippen molar-refractivity contribution in [3.8, 4) is 0 Å². The Bertz CT molecular complexity index is 862. The second kappa shape index (κ2) is 9.39. The predicted octanol–water partition coefficient (Wildman–Crippen LogP) is 4.01. The number of anilines is 1. The molecule has 0 aliphatic heterocycles. The van der Waals surface area contributed by atoms with E-state index in [0.29, 0.717) is 6.07 Å². The van der Waals surface area contributed by atoms with Crippen LogP contribution in [-0.4, -0.2) is 24.9 Å². The summed E-state index contributed by atoms with van der Waals surface area (Å²) in [5.41, 5.74) is 2.24. The molecule has 0 saturated carbocycles. The van der Waals surface area contributed by atoms with E-state index in [-0.39, 0.29) is 19.0 Å². The molecule has 0 aliphatic rings. The van der Waals surface area contributed by atoms with Gasteiger partial charge in [0.05, 0.1) is 11.3 Å². The molecule has 0 aliphatic carbocycles. The van der Waals surface area contributed by atoms with Crippen molar-refractivity contribution in [2.75, 3.05) is 18.0 Å². The lowest BCUT2D eigenvalue weighted by atomic mass is 10.0. The van der Waals surface area contributed by atoms with Crippen molar-refractivity contribution in [1.82, 2.24) is 5.32 Å². The summed E-state index contributed by atoms with van der Waals surface area (Å²) < 4.78 is 40.1. The lowest BCUT2D eigenvalue weighted by Crippen LogP contribution is -2.38. The number of carbonyl (C=O) groups is 2. The summed E-state index contributed by atoms with van der Waals surface area (Å²) in [5.74, 6) is -5.66. The minimum atomic E-state index is -1.69. The number of hydrogen-bond acceptors (Lipinski definition) is 2. The highest BCUT2D eigenvalue weighted by atomic mass is 19.2. The lowest BCUT2D eigenvalue weighted by molar-refractivity contribution is -0.116. The number of nitrogens with zero attached hydrogens (tertiary/aromatic N) is 1. The molecule has 0 bridgehead atoms. The number of para-hydroxylation sites is 1. The summed E-state index contributed by atoms with van der Waals surface area (Å²) in [4.78, 5) is 25.9. The summed E-state index contributed by atoms with van der Waals surface area (Å²) in [6.07, 6.45) is 1.47. The van der Waals surface area contributed by atoms with Crippen LogP contribution in [0.25, 0.3) is 0 Å². The van der Waals surface area contributed by atoms with Gasteiger partial charge in [-0.3, -0.25) is 9.59 Å². The van der Waals surface area contributed by atoms with E-state index in [1.165, 1.54) is 6.92 Å². The van der Waals surface area contributed by atoms with E-state index < -0.39 is 28.9 Å². The Morgan fingerprint density at radius 3 is 2.11 bits per heavy atom. The van der Waals surface area contributed by atoms with Gasteiger partial charge in [-0.1, -0.05) is 32.0 Å². The third kappa shape index (κ3) is 4.52. The van der Waals surface area contributed by atoms with Crippen molar-refractivity contribution < 1.29 is 22.8 Å². The van der Waals surface area contributed by atoms with Crippen LogP contribution in [0.3, 0.4) is 0 Å². The van der Waals surface area contributed by atoms with Crippen LogP contribution in [0.1, 0.15) is 42.3 Å². The Kier molecular flexibility index (Phi) is 7.20. The van der Waals surface area contributed by atoms with Gasteiger partial charge >= 0.3 is 0 Å². The van der Waals surface area contributed by atoms with Gasteiger partial charge in [0, 0.05) is 20.0 Å². The molecular formula is C21H23F3N2O2. The van der Waals surface area contributed by atoms with E-state index in [0.717, 1.165) is 35.7 Å². The van der Waals surface area contributed by atoms with Crippen molar-refractivity contribution in [2.45, 2.75) is 33.6 Å². The smallest absolute Gasteiger partial charge is 0.254 e. The van der Waals surface area contributed by atoms with Crippen molar-refractivity contribution in [1.29, 1.82) is 0 Å². The number of carbonyl (C=O) groups excluding carboxylic acids is 2. The molecule has 0 spiro atoms. The van der Waals surface area contributed by atoms with Crippen molar-refractivity contribution in [3.05, 3.63) is 64.5 Å². The Hall–Kier alpha value is -2.83. The average Bonchev–Trinajstić information content (AvgIpc) is 2.68. The van der Waals surface area contributed by atoms with Crippen LogP contribution in [0, 0.1) is 17.5 Å². The van der Waals surface area contributed by atoms with Gasteiger partial charge in [-0.25, -0.2) is 13.2 Å². The van der Waals surface area contributed by atoms with Crippen molar-refractivity contribution in [3.63, 3.8) is 0 Å². The van der Waals surface area contributed by atoms with Crippen LogP contribution < -0.4 is 10.2 Å². The van der Waals surface area contributed by atoms with E-state index in [4.69, 9.17) is 0 Å². The zero-order chi connectivity index (χ0) is 20.8. The van der Waals surface area contributed by atoms with Crippen molar-refractivity contribution in [2.24, 2.45) is 0 Å². The first-order valence-corrected chi connectivity index (χ1v) is 9.12. The highest BCUT2D eigenvalue weighted by molar-refractivity contribution is 5.95. The monoisotopic (exact) mass is 392 g/mol. The fourth-order valence-corrected chi connectivity index (χ4v) is 3.07. The minimum Gasteiger partial charge on any atom is -0.350 e. The molecule has 0 radical (unpaired) electrons. The van der Waals surface area contributed by atoms with Crippen LogP contribution in [-0.2, 0) is 17.6 Å². The van der Waals surface area contributed by atoms with Gasteiger partial charge in [0.2, 0.25) is 5.91 Å². The number of benzene rings is 2. The Morgan fingerprint density at radius 2 is 1.57 bits per heavy atom. The third-order valence-corrected chi connectivity index (χ3v) is 4.52. The van der Waals surface area contributed by atoms with Gasteiger partial charge < -0.3 is 10.2 Å². The van der Waals surface area contributed by atoms with Crippen LogP contribution >= 0.6 is 0 Å². The second-order valence-electron chi connectivity index (χ2n) is 6.28. The summed E-state index contributed by atoms with van der Waals surface area (Å²) in [6.45, 7) is 5.60. The molecule has 2 rings (SSSR count). The fraction of sp³-hybridized carbons (Fsp3) is 0.333. The van der Waals surface area contributed by atoms with Gasteiger partial charge in [-0.2, -0.15) is 0 Å². The largest absolute Gasteiger partial charge is 0.350 e. The van der Waals surface area contributed by atoms with E-state index >= 15 is 0 Å². The predicted molar refractivity (Wildman–Crippen MR) is 102 cm³/mol. The number of aryl methyl sites for hydroxylation is 2. The zero-order valence-electron chi connectivity index (χ0n) is 16.1. The molecule has 0 fully saturated rings. The quantitative estimate of drug-likeness (QED) is 0.724. The Morgan fingerprint density at radius 1 is 0.964 bits per heavy atom. The van der Waals surface area contributed by atoms with E-state index in [1.807, 2.05) is 32.0 Å². The summed E-state index contributed by atoms with van der Waals surface area (Å²) in [7, 11) is 0. The van der Waals surface area contributed by atoms with Crippen LogP contribution in [0.15, 0.2) is 30.3 Å². The zero-order valence-corrected chi connectivity index (χ0v) is 16.1. The van der Waals surface area contributed by atoms with E-state index in [2.05, 4.69) is 5.32 Å². The molecule has 0 unspecified atom stereocenters. The van der Waals surface area contributed by atoms with Crippen LogP contribution in [0.4, 0.5) is 18.9 Å². The maximum absolute atomic E-state index is 13.7. The molecular weight excluding hydrogens is 369 g/mol. The number of nitrogens with one attached hydrogen (secondary N) is 1. The average molecular weight is 392 g/mol. The number of amides is 2. The van der Waals surface area contributed by atoms with Gasteiger partial charge in [-0.05, 0) is 36.1 Å². The molecule has 0 aromatic heterocycles. The van der Waals surface area contributed by atoms with Gasteiger partial charge in [0.15, 0.2) is 17.5 Å². The highest BCUT2D eigenvalue weighted by Gasteiger charge is 2.21. The van der Waals surface area contributed by atoms with E-state index in [1.54, 1.807) is 4.90 Å².